The first-order valence-corrected chi connectivity index (χ1v) is 11.8. The van der Waals surface area contributed by atoms with E-state index < -0.39 is 0 Å². The van der Waals surface area contributed by atoms with Gasteiger partial charge in [0.15, 0.2) is 5.65 Å². The number of nitrogens with zero attached hydrogens (tertiary/aromatic N) is 3. The van der Waals surface area contributed by atoms with Gasteiger partial charge in [-0.15, -0.1) is 0 Å². The summed E-state index contributed by atoms with van der Waals surface area (Å²) in [5.74, 6) is 0.390. The molecule has 0 spiro atoms. The number of nitrogens with one attached hydrogen (secondary N) is 3. The van der Waals surface area contributed by atoms with Crippen molar-refractivity contribution < 1.29 is 14.3 Å². The Bertz CT molecular complexity index is 1440. The quantitative estimate of drug-likeness (QED) is 0.385. The van der Waals surface area contributed by atoms with Crippen LogP contribution in [0.5, 0.6) is 5.75 Å². The minimum atomic E-state index is -0.243. The Morgan fingerprint density at radius 3 is 2.69 bits per heavy atom. The van der Waals surface area contributed by atoms with Gasteiger partial charge in [0.1, 0.15) is 11.4 Å². The average molecular weight is 485 g/mol. The number of carbonyl (C=O) groups is 2. The van der Waals surface area contributed by atoms with Gasteiger partial charge < -0.3 is 20.3 Å². The molecule has 184 valence electrons. The third-order valence-corrected chi connectivity index (χ3v) is 6.40. The second kappa shape index (κ2) is 9.79. The van der Waals surface area contributed by atoms with Gasteiger partial charge in [-0.2, -0.15) is 5.10 Å². The van der Waals surface area contributed by atoms with Crippen molar-refractivity contribution in [1.29, 1.82) is 0 Å². The summed E-state index contributed by atoms with van der Waals surface area (Å²) in [6.07, 6.45) is 3.49. The number of rotatable bonds is 6. The number of methoxy groups -OCH3 is 1. The number of aromatic nitrogens is 3. The molecule has 0 saturated carbocycles. The number of aromatic amines is 1. The van der Waals surface area contributed by atoms with Crippen molar-refractivity contribution in [3.05, 3.63) is 60.3 Å². The number of fused-ring (bicyclic) bond motifs is 1. The van der Waals surface area contributed by atoms with Crippen molar-refractivity contribution in [2.45, 2.75) is 18.9 Å². The molecule has 1 aliphatic rings. The van der Waals surface area contributed by atoms with Crippen LogP contribution in [0, 0.1) is 0 Å². The van der Waals surface area contributed by atoms with Crippen LogP contribution in [-0.2, 0) is 4.79 Å². The van der Waals surface area contributed by atoms with Gasteiger partial charge in [0.25, 0.3) is 5.91 Å². The molecule has 0 aliphatic carbocycles. The second-order valence-electron chi connectivity index (χ2n) is 8.99. The molecule has 2 aromatic carbocycles. The largest absolute Gasteiger partial charge is 0.496 e. The van der Waals surface area contributed by atoms with Crippen LogP contribution in [0.25, 0.3) is 33.4 Å². The van der Waals surface area contributed by atoms with Crippen molar-refractivity contribution in [1.82, 2.24) is 25.4 Å². The molecule has 9 nitrogen and oxygen atoms in total. The van der Waals surface area contributed by atoms with Gasteiger partial charge in [0.2, 0.25) is 5.91 Å². The summed E-state index contributed by atoms with van der Waals surface area (Å²) in [6.45, 7) is 0.820. The predicted molar refractivity (Wildman–Crippen MR) is 139 cm³/mol. The van der Waals surface area contributed by atoms with Crippen molar-refractivity contribution in [3.8, 4) is 28.1 Å². The molecule has 1 fully saturated rings. The number of carbonyl (C=O) groups excluding carboxylic acids is 2. The summed E-state index contributed by atoms with van der Waals surface area (Å²) in [5.41, 5.74) is 4.77. The highest BCUT2D eigenvalue weighted by molar-refractivity contribution is 6.06. The highest BCUT2D eigenvalue weighted by atomic mass is 16.5. The van der Waals surface area contributed by atoms with E-state index in [-0.39, 0.29) is 17.9 Å². The van der Waals surface area contributed by atoms with E-state index in [9.17, 15) is 9.59 Å². The second-order valence-corrected chi connectivity index (χ2v) is 8.99. The molecule has 2 amide bonds. The number of hydrogen-bond donors (Lipinski definition) is 3. The summed E-state index contributed by atoms with van der Waals surface area (Å²) < 4.78 is 5.52. The molecule has 0 radical (unpaired) electrons. The van der Waals surface area contributed by atoms with E-state index >= 15 is 0 Å². The number of anilines is 1. The van der Waals surface area contributed by atoms with E-state index in [2.05, 4.69) is 25.8 Å². The first-order chi connectivity index (χ1) is 17.5. The summed E-state index contributed by atoms with van der Waals surface area (Å²) in [7, 11) is 5.01. The fourth-order valence-corrected chi connectivity index (χ4v) is 4.49. The number of ether oxygens (including phenoxy) is 1. The number of hydrogen-bond acceptors (Lipinski definition) is 6. The van der Waals surface area contributed by atoms with Gasteiger partial charge in [0, 0.05) is 36.8 Å². The molecule has 0 bridgehead atoms. The van der Waals surface area contributed by atoms with Gasteiger partial charge in [-0.05, 0) is 55.3 Å². The summed E-state index contributed by atoms with van der Waals surface area (Å²) in [6, 6.07) is 14.9. The van der Waals surface area contributed by atoms with Crippen molar-refractivity contribution in [2.75, 3.05) is 33.1 Å². The highest BCUT2D eigenvalue weighted by Crippen LogP contribution is 2.35. The number of para-hydroxylation sites is 1. The zero-order valence-electron chi connectivity index (χ0n) is 20.5. The maximum Gasteiger partial charge on any atom is 0.255 e. The molecule has 2 aromatic heterocycles. The van der Waals surface area contributed by atoms with Crippen molar-refractivity contribution in [2.24, 2.45) is 0 Å². The van der Waals surface area contributed by atoms with E-state index in [4.69, 9.17) is 4.74 Å². The van der Waals surface area contributed by atoms with E-state index in [0.717, 1.165) is 47.2 Å². The molecular formula is C27H28N6O3. The Hall–Kier alpha value is -4.24. The van der Waals surface area contributed by atoms with Crippen LogP contribution in [0.4, 0.5) is 5.69 Å². The van der Waals surface area contributed by atoms with Gasteiger partial charge in [-0.1, -0.05) is 18.2 Å². The first kappa shape index (κ1) is 23.5. The lowest BCUT2D eigenvalue weighted by atomic mass is 10.00. The van der Waals surface area contributed by atoms with Crippen LogP contribution in [0.15, 0.2) is 54.7 Å². The van der Waals surface area contributed by atoms with Crippen molar-refractivity contribution >= 4 is 28.5 Å². The molecule has 36 heavy (non-hydrogen) atoms. The topological polar surface area (TPSA) is 112 Å². The number of amides is 2. The van der Waals surface area contributed by atoms with Gasteiger partial charge in [-0.25, -0.2) is 4.98 Å². The standard InChI is InChI=1S/C27H28N6O3/c1-33(2)27(35)19-13-16(10-11-21(19)30-26(34)22-8-6-12-28-22)17-14-20-24(31-32-25(20)29-15-17)18-7-4-5-9-23(18)36-3/h4-5,7,9-11,13-15,22,28H,6,8,12H2,1-3H3,(H,30,34)(H,29,31,32). The fourth-order valence-electron chi connectivity index (χ4n) is 4.49. The number of pyridine rings is 1. The molecular weight excluding hydrogens is 456 g/mol. The molecule has 3 N–H and O–H groups in total. The Morgan fingerprint density at radius 1 is 1.11 bits per heavy atom. The Balaban J connectivity index is 1.55. The van der Waals surface area contributed by atoms with Gasteiger partial charge in [0.05, 0.1) is 24.4 Å². The molecule has 9 heteroatoms. The number of benzene rings is 2. The van der Waals surface area contributed by atoms with E-state index in [1.165, 1.54) is 4.90 Å². The molecule has 5 rings (SSSR count). The van der Waals surface area contributed by atoms with Crippen LogP contribution in [-0.4, -0.2) is 65.7 Å². The van der Waals surface area contributed by atoms with Crippen LogP contribution in [0.3, 0.4) is 0 Å². The smallest absolute Gasteiger partial charge is 0.255 e. The van der Waals surface area contributed by atoms with E-state index in [1.54, 1.807) is 39.5 Å². The van der Waals surface area contributed by atoms with E-state index in [1.807, 2.05) is 36.4 Å². The maximum absolute atomic E-state index is 13.0. The molecule has 3 heterocycles. The third-order valence-electron chi connectivity index (χ3n) is 6.40. The van der Waals surface area contributed by atoms with Crippen LogP contribution in [0.2, 0.25) is 0 Å². The molecule has 4 aromatic rings. The Morgan fingerprint density at radius 2 is 1.94 bits per heavy atom. The van der Waals surface area contributed by atoms with E-state index in [0.29, 0.717) is 22.6 Å². The SMILES string of the molecule is COc1ccccc1-c1n[nH]c2ncc(-c3ccc(NC(=O)C4CCCN4)c(C(=O)N(C)C)c3)cc12. The normalized spacial score (nSPS) is 15.1. The average Bonchev–Trinajstić information content (AvgIpc) is 3.58. The predicted octanol–water partition coefficient (Wildman–Crippen LogP) is 3.69. The molecule has 1 aliphatic heterocycles. The highest BCUT2D eigenvalue weighted by Gasteiger charge is 2.24. The maximum atomic E-state index is 13.0. The molecule has 1 saturated heterocycles. The summed E-state index contributed by atoms with van der Waals surface area (Å²) in [4.78, 5) is 31.8. The monoisotopic (exact) mass is 484 g/mol. The third kappa shape index (κ3) is 4.40. The van der Waals surface area contributed by atoms with Crippen LogP contribution in [0.1, 0.15) is 23.2 Å². The van der Waals surface area contributed by atoms with Gasteiger partial charge in [-0.3, -0.25) is 14.7 Å². The van der Waals surface area contributed by atoms with Crippen molar-refractivity contribution in [3.63, 3.8) is 0 Å². The lowest BCUT2D eigenvalue weighted by Crippen LogP contribution is -2.36. The fraction of sp³-hybridized carbons (Fsp3) is 0.259. The lowest BCUT2D eigenvalue weighted by Gasteiger charge is -2.18. The number of H-pyrrole nitrogens is 1. The first-order valence-electron chi connectivity index (χ1n) is 11.8. The zero-order chi connectivity index (χ0) is 25.2. The minimum Gasteiger partial charge on any atom is -0.496 e. The van der Waals surface area contributed by atoms with Crippen LogP contribution >= 0.6 is 0 Å². The van der Waals surface area contributed by atoms with Gasteiger partial charge >= 0.3 is 0 Å². The lowest BCUT2D eigenvalue weighted by molar-refractivity contribution is -0.117. The Labute approximate surface area is 208 Å². The molecule has 1 atom stereocenters. The minimum absolute atomic E-state index is 0.129. The van der Waals surface area contributed by atoms with Crippen LogP contribution < -0.4 is 15.4 Å². The summed E-state index contributed by atoms with van der Waals surface area (Å²) >= 11 is 0. The Kier molecular flexibility index (Phi) is 6.39. The summed E-state index contributed by atoms with van der Waals surface area (Å²) in [5, 5.41) is 14.4. The molecule has 1 unspecified atom stereocenters. The zero-order valence-corrected chi connectivity index (χ0v) is 20.5.